The van der Waals surface area contributed by atoms with Gasteiger partial charge in [0.15, 0.2) is 0 Å². The SMILES string of the molecule is COC(=O)c1ccc(S(=O)(=O)NC(=O)N2CCC(N3CCC(Oc4ccc(Cl)c(Cl)c4)CC3)CC2)cc1. The Morgan fingerprint density at radius 1 is 0.919 bits per heavy atom. The number of nitrogens with one attached hydrogen (secondary N) is 1. The average molecular weight is 570 g/mol. The van der Waals surface area contributed by atoms with Crippen molar-refractivity contribution in [3.05, 3.63) is 58.1 Å². The van der Waals surface area contributed by atoms with Crippen LogP contribution in [0.4, 0.5) is 4.79 Å². The highest BCUT2D eigenvalue weighted by Gasteiger charge is 2.31. The van der Waals surface area contributed by atoms with E-state index in [4.69, 9.17) is 27.9 Å². The molecule has 37 heavy (non-hydrogen) atoms. The number of urea groups is 1. The summed E-state index contributed by atoms with van der Waals surface area (Å²) in [5.74, 6) is 0.139. The van der Waals surface area contributed by atoms with Crippen LogP contribution >= 0.6 is 23.2 Å². The van der Waals surface area contributed by atoms with E-state index in [1.807, 2.05) is 6.07 Å². The topological polar surface area (TPSA) is 105 Å². The minimum absolute atomic E-state index is 0.102. The number of nitrogens with zero attached hydrogens (tertiary/aromatic N) is 2. The molecule has 0 saturated carbocycles. The summed E-state index contributed by atoms with van der Waals surface area (Å²) < 4.78 is 38.1. The second-order valence-electron chi connectivity index (χ2n) is 9.07. The molecule has 4 rings (SSSR count). The quantitative estimate of drug-likeness (QED) is 0.520. The monoisotopic (exact) mass is 569 g/mol. The van der Waals surface area contributed by atoms with Gasteiger partial charge in [-0.3, -0.25) is 4.90 Å². The zero-order valence-electron chi connectivity index (χ0n) is 20.4. The van der Waals surface area contributed by atoms with E-state index in [0.717, 1.165) is 38.8 Å². The molecule has 2 aromatic carbocycles. The van der Waals surface area contributed by atoms with Crippen molar-refractivity contribution in [2.45, 2.75) is 42.7 Å². The molecular formula is C25H29Cl2N3O6S. The molecule has 2 fully saturated rings. The molecule has 200 valence electrons. The maximum atomic E-state index is 12.7. The largest absolute Gasteiger partial charge is 0.490 e. The van der Waals surface area contributed by atoms with Crippen LogP contribution in [0, 0.1) is 0 Å². The van der Waals surface area contributed by atoms with Gasteiger partial charge in [-0.1, -0.05) is 23.2 Å². The molecule has 0 atom stereocenters. The number of hydrogen-bond donors (Lipinski definition) is 1. The van der Waals surface area contributed by atoms with Crippen LogP contribution in [-0.4, -0.2) is 75.7 Å². The van der Waals surface area contributed by atoms with Gasteiger partial charge in [0, 0.05) is 38.3 Å². The number of esters is 1. The lowest BCUT2D eigenvalue weighted by Crippen LogP contribution is -2.52. The summed E-state index contributed by atoms with van der Waals surface area (Å²) in [6.07, 6.45) is 3.40. The van der Waals surface area contributed by atoms with Crippen molar-refractivity contribution in [1.82, 2.24) is 14.5 Å². The summed E-state index contributed by atoms with van der Waals surface area (Å²) in [4.78, 5) is 28.1. The van der Waals surface area contributed by atoms with E-state index in [1.165, 1.54) is 36.3 Å². The molecule has 0 radical (unpaired) electrons. The van der Waals surface area contributed by atoms with Crippen LogP contribution < -0.4 is 9.46 Å². The van der Waals surface area contributed by atoms with E-state index in [2.05, 4.69) is 14.4 Å². The van der Waals surface area contributed by atoms with Crippen molar-refractivity contribution < 1.29 is 27.5 Å². The van der Waals surface area contributed by atoms with Gasteiger partial charge in [0.1, 0.15) is 11.9 Å². The van der Waals surface area contributed by atoms with E-state index in [0.29, 0.717) is 34.9 Å². The third-order valence-electron chi connectivity index (χ3n) is 6.75. The second-order valence-corrected chi connectivity index (χ2v) is 11.6. The fourth-order valence-electron chi connectivity index (χ4n) is 4.66. The van der Waals surface area contributed by atoms with Crippen molar-refractivity contribution in [3.63, 3.8) is 0 Å². The number of benzene rings is 2. The zero-order valence-corrected chi connectivity index (χ0v) is 22.7. The van der Waals surface area contributed by atoms with Crippen molar-refractivity contribution in [2.75, 3.05) is 33.3 Å². The van der Waals surface area contributed by atoms with Crippen LogP contribution in [0.2, 0.25) is 10.0 Å². The third kappa shape index (κ3) is 6.87. The third-order valence-corrected chi connectivity index (χ3v) is 8.82. The number of carbonyl (C=O) groups is 2. The number of hydrogen-bond acceptors (Lipinski definition) is 7. The average Bonchev–Trinajstić information content (AvgIpc) is 2.90. The molecule has 1 N–H and O–H groups in total. The molecule has 2 aliphatic heterocycles. The Morgan fingerprint density at radius 3 is 2.16 bits per heavy atom. The fourth-order valence-corrected chi connectivity index (χ4v) is 5.92. The Bertz CT molecular complexity index is 1230. The van der Waals surface area contributed by atoms with Gasteiger partial charge >= 0.3 is 12.0 Å². The first-order valence-electron chi connectivity index (χ1n) is 12.0. The summed E-state index contributed by atoms with van der Waals surface area (Å²) >= 11 is 12.0. The Hall–Kier alpha value is -2.53. The van der Waals surface area contributed by atoms with Crippen LogP contribution in [0.5, 0.6) is 5.75 Å². The summed E-state index contributed by atoms with van der Waals surface area (Å²) in [5, 5.41) is 0.965. The molecule has 0 bridgehead atoms. The van der Waals surface area contributed by atoms with E-state index < -0.39 is 22.0 Å². The lowest BCUT2D eigenvalue weighted by Gasteiger charge is -2.41. The number of halogens is 2. The summed E-state index contributed by atoms with van der Waals surface area (Å²) in [6.45, 7) is 2.71. The first kappa shape index (κ1) is 27.5. The number of methoxy groups -OCH3 is 1. The van der Waals surface area contributed by atoms with E-state index in [-0.39, 0.29) is 16.6 Å². The van der Waals surface area contributed by atoms with Gasteiger partial charge in [-0.25, -0.2) is 22.7 Å². The number of sulfonamides is 1. The smallest absolute Gasteiger partial charge is 0.337 e. The van der Waals surface area contributed by atoms with Crippen molar-refractivity contribution in [2.24, 2.45) is 0 Å². The molecule has 2 amide bonds. The molecule has 12 heteroatoms. The van der Waals surface area contributed by atoms with Crippen LogP contribution in [0.25, 0.3) is 0 Å². The molecule has 0 aromatic heterocycles. The number of ether oxygens (including phenoxy) is 2. The Balaban J connectivity index is 1.23. The van der Waals surface area contributed by atoms with Gasteiger partial charge in [0.05, 0.1) is 27.6 Å². The van der Waals surface area contributed by atoms with Crippen LogP contribution in [0.15, 0.2) is 47.4 Å². The molecule has 0 aliphatic carbocycles. The van der Waals surface area contributed by atoms with Crippen LogP contribution in [0.3, 0.4) is 0 Å². The van der Waals surface area contributed by atoms with Crippen molar-refractivity contribution in [1.29, 1.82) is 0 Å². The summed E-state index contributed by atoms with van der Waals surface area (Å²) in [7, 11) is -2.82. The van der Waals surface area contributed by atoms with Crippen molar-refractivity contribution >= 4 is 45.2 Å². The van der Waals surface area contributed by atoms with Crippen LogP contribution in [-0.2, 0) is 14.8 Å². The summed E-state index contributed by atoms with van der Waals surface area (Å²) in [5.41, 5.74) is 0.222. The highest BCUT2D eigenvalue weighted by molar-refractivity contribution is 7.90. The maximum absolute atomic E-state index is 12.7. The van der Waals surface area contributed by atoms with Gasteiger partial charge in [-0.15, -0.1) is 0 Å². The zero-order chi connectivity index (χ0) is 26.6. The number of rotatable bonds is 6. The minimum atomic E-state index is -4.06. The normalized spacial score (nSPS) is 17.9. The standard InChI is InChI=1S/C25H29Cl2N3O6S/c1-35-24(31)17-2-5-21(6-3-17)37(33,34)28-25(32)30-12-8-18(9-13-30)29-14-10-19(11-15-29)36-20-4-7-22(26)23(27)16-20/h2-7,16,18-19H,8-15H2,1H3,(H,28,32). The molecule has 2 heterocycles. The molecule has 2 saturated heterocycles. The molecule has 2 aromatic rings. The summed E-state index contributed by atoms with van der Waals surface area (Å²) in [6, 6.07) is 10.2. The number of carbonyl (C=O) groups excluding carboxylic acids is 2. The van der Waals surface area contributed by atoms with Gasteiger partial charge in [0.2, 0.25) is 0 Å². The van der Waals surface area contributed by atoms with E-state index in [1.54, 1.807) is 12.1 Å². The number of likely N-dealkylation sites (tertiary alicyclic amines) is 2. The Kier molecular flexibility index (Phi) is 8.84. The van der Waals surface area contributed by atoms with Crippen molar-refractivity contribution in [3.8, 4) is 5.75 Å². The highest BCUT2D eigenvalue weighted by Crippen LogP contribution is 2.29. The van der Waals surface area contributed by atoms with Gasteiger partial charge in [-0.2, -0.15) is 0 Å². The lowest BCUT2D eigenvalue weighted by molar-refractivity contribution is 0.0539. The first-order valence-corrected chi connectivity index (χ1v) is 14.3. The predicted molar refractivity (Wildman–Crippen MR) is 140 cm³/mol. The molecule has 2 aliphatic rings. The molecule has 0 unspecified atom stereocenters. The van der Waals surface area contributed by atoms with E-state index >= 15 is 0 Å². The van der Waals surface area contributed by atoms with E-state index in [9.17, 15) is 18.0 Å². The highest BCUT2D eigenvalue weighted by atomic mass is 35.5. The fraction of sp³-hybridized carbons (Fsp3) is 0.440. The number of piperidine rings is 2. The number of amides is 2. The minimum Gasteiger partial charge on any atom is -0.490 e. The second kappa shape index (κ2) is 11.9. The lowest BCUT2D eigenvalue weighted by atomic mass is 9.99. The Labute approximate surface area is 226 Å². The van der Waals surface area contributed by atoms with Gasteiger partial charge < -0.3 is 14.4 Å². The molecule has 9 nitrogen and oxygen atoms in total. The predicted octanol–water partition coefficient (Wildman–Crippen LogP) is 4.19. The van der Waals surface area contributed by atoms with Crippen LogP contribution in [0.1, 0.15) is 36.0 Å². The molecule has 0 spiro atoms. The molecular weight excluding hydrogens is 541 g/mol. The van der Waals surface area contributed by atoms with Gasteiger partial charge in [0.25, 0.3) is 10.0 Å². The van der Waals surface area contributed by atoms with Gasteiger partial charge in [-0.05, 0) is 62.1 Å². The first-order chi connectivity index (χ1) is 17.7. The maximum Gasteiger partial charge on any atom is 0.337 e. The Morgan fingerprint density at radius 2 is 1.57 bits per heavy atom.